The Hall–Kier alpha value is -1.22. The smallest absolute Gasteiger partial charge is 0.0387 e. The van der Waals surface area contributed by atoms with Crippen LogP contribution in [-0.4, -0.2) is 44.2 Å². The van der Waals surface area contributed by atoms with E-state index in [0.717, 1.165) is 13.1 Å². The number of hydrogen-bond donors (Lipinski definition) is 1. The van der Waals surface area contributed by atoms with Crippen molar-refractivity contribution in [1.82, 2.24) is 4.90 Å². The van der Waals surface area contributed by atoms with Gasteiger partial charge in [-0.1, -0.05) is 25.3 Å². The molecule has 3 nitrogen and oxygen atoms in total. The highest BCUT2D eigenvalue weighted by Crippen LogP contribution is 2.25. The number of likely N-dealkylation sites (N-methyl/N-ethyl adjacent to an activating group) is 1. The van der Waals surface area contributed by atoms with Crippen LogP contribution in [0.3, 0.4) is 0 Å². The fraction of sp³-hybridized carbons (Fsp3) is 0.647. The minimum absolute atomic E-state index is 0.687. The van der Waals surface area contributed by atoms with E-state index in [1.165, 1.54) is 56.6 Å². The van der Waals surface area contributed by atoms with Gasteiger partial charge in [-0.15, -0.1) is 0 Å². The van der Waals surface area contributed by atoms with Crippen molar-refractivity contribution in [2.45, 2.75) is 38.1 Å². The van der Waals surface area contributed by atoms with Crippen LogP contribution in [0.5, 0.6) is 0 Å². The molecule has 0 radical (unpaired) electrons. The Balaban J connectivity index is 1.63. The van der Waals surface area contributed by atoms with E-state index in [1.807, 2.05) is 0 Å². The van der Waals surface area contributed by atoms with Crippen LogP contribution in [0.15, 0.2) is 24.3 Å². The molecule has 0 bridgehead atoms. The van der Waals surface area contributed by atoms with Gasteiger partial charge in [0, 0.05) is 43.6 Å². The maximum absolute atomic E-state index is 3.73. The van der Waals surface area contributed by atoms with Crippen LogP contribution < -0.4 is 10.2 Å². The standard InChI is InChI=1S/C17H27N3/c1-19-10-12-20(13-11-19)17-9-5-8-16(14-17)18-15-6-3-2-4-7-15/h5,8-9,14-15,18H,2-4,6-7,10-13H2,1H3. The maximum atomic E-state index is 3.73. The largest absolute Gasteiger partial charge is 0.382 e. The van der Waals surface area contributed by atoms with Gasteiger partial charge in [-0.25, -0.2) is 0 Å². The molecule has 1 aliphatic carbocycles. The second-order valence-corrected chi connectivity index (χ2v) is 6.32. The van der Waals surface area contributed by atoms with Crippen LogP contribution in [0.25, 0.3) is 0 Å². The number of benzene rings is 1. The topological polar surface area (TPSA) is 18.5 Å². The van der Waals surface area contributed by atoms with Gasteiger partial charge in [-0.3, -0.25) is 0 Å². The summed E-state index contributed by atoms with van der Waals surface area (Å²) in [4.78, 5) is 4.91. The van der Waals surface area contributed by atoms with E-state index < -0.39 is 0 Å². The van der Waals surface area contributed by atoms with Gasteiger partial charge in [0.15, 0.2) is 0 Å². The van der Waals surface area contributed by atoms with Crippen molar-refractivity contribution >= 4 is 11.4 Å². The average molecular weight is 273 g/mol. The fourth-order valence-corrected chi connectivity index (χ4v) is 3.34. The molecule has 0 spiro atoms. The summed E-state index contributed by atoms with van der Waals surface area (Å²) in [7, 11) is 2.21. The SMILES string of the molecule is CN1CCN(c2cccc(NC3CCCCC3)c2)CC1. The zero-order valence-corrected chi connectivity index (χ0v) is 12.6. The van der Waals surface area contributed by atoms with Gasteiger partial charge in [0.25, 0.3) is 0 Å². The highest BCUT2D eigenvalue weighted by Gasteiger charge is 2.16. The van der Waals surface area contributed by atoms with Gasteiger partial charge in [-0.2, -0.15) is 0 Å². The first kappa shape index (κ1) is 13.7. The number of piperazine rings is 1. The summed E-state index contributed by atoms with van der Waals surface area (Å²) in [5, 5.41) is 3.73. The summed E-state index contributed by atoms with van der Waals surface area (Å²) in [5.41, 5.74) is 2.67. The highest BCUT2D eigenvalue weighted by molar-refractivity contribution is 5.58. The monoisotopic (exact) mass is 273 g/mol. The molecule has 3 heteroatoms. The Labute approximate surface area is 123 Å². The van der Waals surface area contributed by atoms with E-state index in [0.29, 0.717) is 6.04 Å². The molecular formula is C17H27N3. The Morgan fingerprint density at radius 1 is 1.00 bits per heavy atom. The number of nitrogens with one attached hydrogen (secondary N) is 1. The molecule has 1 aromatic rings. The van der Waals surface area contributed by atoms with Crippen molar-refractivity contribution in [3.8, 4) is 0 Å². The average Bonchev–Trinajstić information content (AvgIpc) is 2.49. The van der Waals surface area contributed by atoms with Gasteiger partial charge in [0.05, 0.1) is 0 Å². The lowest BCUT2D eigenvalue weighted by Gasteiger charge is -2.34. The number of rotatable bonds is 3. The summed E-state index contributed by atoms with van der Waals surface area (Å²) < 4.78 is 0. The third-order valence-electron chi connectivity index (χ3n) is 4.69. The summed E-state index contributed by atoms with van der Waals surface area (Å²) in [6, 6.07) is 9.68. The van der Waals surface area contributed by atoms with Crippen molar-refractivity contribution in [2.24, 2.45) is 0 Å². The van der Waals surface area contributed by atoms with Gasteiger partial charge in [-0.05, 0) is 38.1 Å². The van der Waals surface area contributed by atoms with Crippen LogP contribution in [0.1, 0.15) is 32.1 Å². The molecule has 1 saturated heterocycles. The second kappa shape index (κ2) is 6.49. The predicted molar refractivity (Wildman–Crippen MR) is 86.6 cm³/mol. The fourth-order valence-electron chi connectivity index (χ4n) is 3.34. The van der Waals surface area contributed by atoms with E-state index in [2.05, 4.69) is 46.4 Å². The molecule has 0 amide bonds. The second-order valence-electron chi connectivity index (χ2n) is 6.32. The summed E-state index contributed by atoms with van der Waals surface area (Å²) in [5.74, 6) is 0. The Morgan fingerprint density at radius 2 is 1.75 bits per heavy atom. The zero-order chi connectivity index (χ0) is 13.8. The number of hydrogen-bond acceptors (Lipinski definition) is 3. The number of anilines is 2. The summed E-state index contributed by atoms with van der Waals surface area (Å²) >= 11 is 0. The molecule has 1 saturated carbocycles. The molecule has 1 N–H and O–H groups in total. The van der Waals surface area contributed by atoms with E-state index in [1.54, 1.807) is 0 Å². The zero-order valence-electron chi connectivity index (χ0n) is 12.6. The van der Waals surface area contributed by atoms with Crippen LogP contribution in [0.2, 0.25) is 0 Å². The number of nitrogens with zero attached hydrogens (tertiary/aromatic N) is 2. The molecule has 1 aliphatic heterocycles. The molecule has 3 rings (SSSR count). The highest BCUT2D eigenvalue weighted by atomic mass is 15.2. The van der Waals surface area contributed by atoms with E-state index in [4.69, 9.17) is 0 Å². The van der Waals surface area contributed by atoms with Crippen molar-refractivity contribution in [3.05, 3.63) is 24.3 Å². The van der Waals surface area contributed by atoms with Crippen LogP contribution in [0.4, 0.5) is 11.4 Å². The lowest BCUT2D eigenvalue weighted by Crippen LogP contribution is -2.44. The Bertz CT molecular complexity index is 418. The van der Waals surface area contributed by atoms with Crippen LogP contribution in [-0.2, 0) is 0 Å². The molecule has 0 unspecified atom stereocenters. The van der Waals surface area contributed by atoms with Gasteiger partial charge >= 0.3 is 0 Å². The maximum Gasteiger partial charge on any atom is 0.0387 e. The molecule has 110 valence electrons. The molecular weight excluding hydrogens is 246 g/mol. The van der Waals surface area contributed by atoms with Crippen molar-refractivity contribution in [3.63, 3.8) is 0 Å². The van der Waals surface area contributed by atoms with Crippen molar-refractivity contribution < 1.29 is 0 Å². The van der Waals surface area contributed by atoms with Crippen LogP contribution in [0, 0.1) is 0 Å². The first-order valence-electron chi connectivity index (χ1n) is 8.11. The lowest BCUT2D eigenvalue weighted by molar-refractivity contribution is 0.313. The first-order valence-corrected chi connectivity index (χ1v) is 8.11. The molecule has 20 heavy (non-hydrogen) atoms. The molecule has 1 aromatic carbocycles. The molecule has 2 aliphatic rings. The van der Waals surface area contributed by atoms with Gasteiger partial charge in [0.1, 0.15) is 0 Å². The Morgan fingerprint density at radius 3 is 2.50 bits per heavy atom. The van der Waals surface area contributed by atoms with Crippen LogP contribution >= 0.6 is 0 Å². The summed E-state index contributed by atoms with van der Waals surface area (Å²) in [6.45, 7) is 4.62. The molecule has 1 heterocycles. The minimum atomic E-state index is 0.687. The van der Waals surface area contributed by atoms with Gasteiger partial charge in [0.2, 0.25) is 0 Å². The third-order valence-corrected chi connectivity index (χ3v) is 4.69. The molecule has 2 fully saturated rings. The quantitative estimate of drug-likeness (QED) is 0.912. The minimum Gasteiger partial charge on any atom is -0.382 e. The van der Waals surface area contributed by atoms with E-state index in [9.17, 15) is 0 Å². The van der Waals surface area contributed by atoms with Gasteiger partial charge < -0.3 is 15.1 Å². The van der Waals surface area contributed by atoms with Crippen molar-refractivity contribution in [2.75, 3.05) is 43.4 Å². The molecule has 0 atom stereocenters. The lowest BCUT2D eigenvalue weighted by atomic mass is 9.95. The predicted octanol–water partition coefficient (Wildman–Crippen LogP) is 3.18. The Kier molecular flexibility index (Phi) is 4.46. The van der Waals surface area contributed by atoms with E-state index >= 15 is 0 Å². The third kappa shape index (κ3) is 3.45. The summed E-state index contributed by atoms with van der Waals surface area (Å²) in [6.07, 6.45) is 6.85. The van der Waals surface area contributed by atoms with Crippen molar-refractivity contribution in [1.29, 1.82) is 0 Å². The first-order chi connectivity index (χ1) is 9.81. The molecule has 0 aromatic heterocycles. The van der Waals surface area contributed by atoms with E-state index in [-0.39, 0.29) is 0 Å². The normalized spacial score (nSPS) is 21.9.